The van der Waals surface area contributed by atoms with Crippen LogP contribution in [-0.4, -0.2) is 54.0 Å². The maximum absolute atomic E-state index is 6.09. The molecule has 0 amide bonds. The largest absolute Gasteiger partial charge is 0.370 e. The minimum absolute atomic E-state index is 0.276. The first-order chi connectivity index (χ1) is 8.23. The number of hydrogen-bond donors (Lipinski definition) is 1. The third-order valence-corrected chi connectivity index (χ3v) is 4.76. The zero-order chi connectivity index (χ0) is 11.9. The minimum atomic E-state index is 0.276. The van der Waals surface area contributed by atoms with E-state index in [2.05, 4.69) is 21.7 Å². The average Bonchev–Trinajstić information content (AvgIpc) is 3.13. The molecule has 0 radical (unpaired) electrons. The van der Waals surface area contributed by atoms with Crippen LogP contribution in [0.1, 0.15) is 32.6 Å². The highest BCUT2D eigenvalue weighted by atomic mass is 15.4. The van der Waals surface area contributed by atoms with Gasteiger partial charge < -0.3 is 15.5 Å². The molecule has 1 aliphatic carbocycles. The molecule has 0 atom stereocenters. The van der Waals surface area contributed by atoms with Gasteiger partial charge in [-0.05, 0) is 38.1 Å². The van der Waals surface area contributed by atoms with Crippen molar-refractivity contribution in [1.82, 2.24) is 9.80 Å². The molecule has 0 bridgehead atoms. The van der Waals surface area contributed by atoms with Crippen LogP contribution in [-0.2, 0) is 0 Å². The van der Waals surface area contributed by atoms with Crippen molar-refractivity contribution in [1.29, 1.82) is 0 Å². The van der Waals surface area contributed by atoms with Gasteiger partial charge in [-0.1, -0.05) is 6.92 Å². The third-order valence-electron chi connectivity index (χ3n) is 4.76. The van der Waals surface area contributed by atoms with E-state index in [-0.39, 0.29) is 5.54 Å². The molecule has 4 nitrogen and oxygen atoms in total. The van der Waals surface area contributed by atoms with Gasteiger partial charge in [-0.2, -0.15) is 0 Å². The molecule has 2 heterocycles. The van der Waals surface area contributed by atoms with Crippen molar-refractivity contribution >= 4 is 5.96 Å². The lowest BCUT2D eigenvalue weighted by atomic mass is 9.86. The van der Waals surface area contributed by atoms with Gasteiger partial charge in [0.05, 0.1) is 12.1 Å². The van der Waals surface area contributed by atoms with Crippen molar-refractivity contribution in [3.05, 3.63) is 0 Å². The molecule has 0 aromatic rings. The second kappa shape index (κ2) is 4.16. The molecule has 1 spiro atoms. The third kappa shape index (κ3) is 2.03. The van der Waals surface area contributed by atoms with Crippen LogP contribution >= 0.6 is 0 Å². The lowest BCUT2D eigenvalue weighted by Gasteiger charge is -2.45. The average molecular weight is 236 g/mol. The molecule has 4 heteroatoms. The first-order valence-electron chi connectivity index (χ1n) is 7.03. The van der Waals surface area contributed by atoms with Gasteiger partial charge in [-0.15, -0.1) is 0 Å². The zero-order valence-electron chi connectivity index (χ0n) is 10.9. The predicted octanol–water partition coefficient (Wildman–Crippen LogP) is 0.881. The normalized spacial score (nSPS) is 28.8. The van der Waals surface area contributed by atoms with Crippen LogP contribution in [0.2, 0.25) is 0 Å². The topological polar surface area (TPSA) is 44.9 Å². The molecule has 2 aliphatic heterocycles. The van der Waals surface area contributed by atoms with Crippen LogP contribution < -0.4 is 5.73 Å². The number of rotatable bonds is 3. The highest BCUT2D eigenvalue weighted by molar-refractivity contribution is 5.81. The molecule has 3 aliphatic rings. The molecule has 2 N–H and O–H groups in total. The number of nitrogens with two attached hydrogens (primary N) is 1. The summed E-state index contributed by atoms with van der Waals surface area (Å²) in [4.78, 5) is 9.51. The Morgan fingerprint density at radius 2 is 2.06 bits per heavy atom. The summed E-state index contributed by atoms with van der Waals surface area (Å²) in [6.45, 7) is 7.93. The van der Waals surface area contributed by atoms with Crippen molar-refractivity contribution in [2.24, 2.45) is 16.6 Å². The summed E-state index contributed by atoms with van der Waals surface area (Å²) in [5, 5.41) is 0. The van der Waals surface area contributed by atoms with Crippen LogP contribution in [0.15, 0.2) is 4.99 Å². The summed E-state index contributed by atoms with van der Waals surface area (Å²) in [7, 11) is 0. The maximum atomic E-state index is 6.09. The molecule has 17 heavy (non-hydrogen) atoms. The Morgan fingerprint density at radius 3 is 2.65 bits per heavy atom. The standard InChI is InChI=1S/C13H24N4/c1-2-16-7-5-13(6-8-16)10-15-12(14)17(13)9-11-3-4-11/h11H,2-10H2,1H3,(H2,14,15). The maximum Gasteiger partial charge on any atom is 0.191 e. The molecule has 96 valence electrons. The first-order valence-corrected chi connectivity index (χ1v) is 7.03. The summed E-state index contributed by atoms with van der Waals surface area (Å²) < 4.78 is 0. The highest BCUT2D eigenvalue weighted by Crippen LogP contribution is 2.37. The monoisotopic (exact) mass is 236 g/mol. The van der Waals surface area contributed by atoms with Gasteiger partial charge in [0.2, 0.25) is 0 Å². The fraction of sp³-hybridized carbons (Fsp3) is 0.923. The number of guanidine groups is 1. The van der Waals surface area contributed by atoms with Gasteiger partial charge in [0.25, 0.3) is 0 Å². The fourth-order valence-corrected chi connectivity index (χ4v) is 3.20. The van der Waals surface area contributed by atoms with Crippen LogP contribution in [0.25, 0.3) is 0 Å². The second-order valence-corrected chi connectivity index (χ2v) is 5.89. The van der Waals surface area contributed by atoms with Gasteiger partial charge in [-0.25, -0.2) is 0 Å². The summed E-state index contributed by atoms with van der Waals surface area (Å²) in [5.41, 5.74) is 6.37. The van der Waals surface area contributed by atoms with E-state index >= 15 is 0 Å². The number of hydrogen-bond acceptors (Lipinski definition) is 4. The Labute approximate surface area is 104 Å². The van der Waals surface area contributed by atoms with Gasteiger partial charge in [0, 0.05) is 19.6 Å². The summed E-state index contributed by atoms with van der Waals surface area (Å²) in [5.74, 6) is 1.70. The van der Waals surface area contributed by atoms with Crippen molar-refractivity contribution in [2.75, 3.05) is 32.7 Å². The summed E-state index contributed by atoms with van der Waals surface area (Å²) in [6.07, 6.45) is 5.25. The van der Waals surface area contributed by atoms with E-state index < -0.39 is 0 Å². The van der Waals surface area contributed by atoms with Crippen LogP contribution in [0.3, 0.4) is 0 Å². The Morgan fingerprint density at radius 1 is 1.35 bits per heavy atom. The molecule has 3 rings (SSSR count). The molecule has 1 saturated carbocycles. The minimum Gasteiger partial charge on any atom is -0.370 e. The van der Waals surface area contributed by atoms with Gasteiger partial charge in [0.1, 0.15) is 0 Å². The first kappa shape index (κ1) is 11.3. The van der Waals surface area contributed by atoms with Crippen LogP contribution in [0.5, 0.6) is 0 Å². The molecule has 2 fully saturated rings. The van der Waals surface area contributed by atoms with E-state index in [0.29, 0.717) is 0 Å². The Hall–Kier alpha value is -0.770. The number of aliphatic imine (C=N–C) groups is 1. The van der Waals surface area contributed by atoms with E-state index in [0.717, 1.165) is 25.0 Å². The van der Waals surface area contributed by atoms with E-state index in [4.69, 9.17) is 5.73 Å². The Balaban J connectivity index is 1.68. The van der Waals surface area contributed by atoms with Gasteiger partial charge >= 0.3 is 0 Å². The van der Waals surface area contributed by atoms with E-state index in [9.17, 15) is 0 Å². The van der Waals surface area contributed by atoms with Crippen molar-refractivity contribution in [3.8, 4) is 0 Å². The Bertz CT molecular complexity index is 313. The summed E-state index contributed by atoms with van der Waals surface area (Å²) >= 11 is 0. The molecule has 1 saturated heterocycles. The van der Waals surface area contributed by atoms with E-state index in [1.807, 2.05) is 0 Å². The molecule has 0 aromatic carbocycles. The SMILES string of the molecule is CCN1CCC2(CC1)CN=C(N)N2CC1CC1. The fourth-order valence-electron chi connectivity index (χ4n) is 3.20. The lowest BCUT2D eigenvalue weighted by Crippen LogP contribution is -2.57. The van der Waals surface area contributed by atoms with Crippen LogP contribution in [0.4, 0.5) is 0 Å². The second-order valence-electron chi connectivity index (χ2n) is 5.89. The van der Waals surface area contributed by atoms with Crippen molar-refractivity contribution in [2.45, 2.75) is 38.1 Å². The van der Waals surface area contributed by atoms with Crippen molar-refractivity contribution in [3.63, 3.8) is 0 Å². The Kier molecular flexibility index (Phi) is 2.77. The molecule has 0 unspecified atom stereocenters. The zero-order valence-corrected chi connectivity index (χ0v) is 10.9. The number of likely N-dealkylation sites (tertiary alicyclic amines) is 1. The smallest absolute Gasteiger partial charge is 0.191 e. The van der Waals surface area contributed by atoms with E-state index in [1.165, 1.54) is 45.3 Å². The summed E-state index contributed by atoms with van der Waals surface area (Å²) in [6, 6.07) is 0. The molecular weight excluding hydrogens is 212 g/mol. The van der Waals surface area contributed by atoms with Gasteiger partial charge in [0.15, 0.2) is 5.96 Å². The lowest BCUT2D eigenvalue weighted by molar-refractivity contribution is 0.0860. The van der Waals surface area contributed by atoms with E-state index in [1.54, 1.807) is 0 Å². The molecule has 0 aromatic heterocycles. The number of piperidine rings is 1. The molecular formula is C13H24N4. The predicted molar refractivity (Wildman–Crippen MR) is 70.0 cm³/mol. The van der Waals surface area contributed by atoms with Crippen molar-refractivity contribution < 1.29 is 0 Å². The highest BCUT2D eigenvalue weighted by Gasteiger charge is 2.45. The van der Waals surface area contributed by atoms with Crippen LogP contribution in [0, 0.1) is 5.92 Å². The van der Waals surface area contributed by atoms with Gasteiger partial charge in [-0.3, -0.25) is 4.99 Å². The quantitative estimate of drug-likeness (QED) is 0.791. The number of nitrogens with zero attached hydrogens (tertiary/aromatic N) is 3.